The number of nitrogens with zero attached hydrogens (tertiary/aromatic N) is 4. The fourth-order valence-corrected chi connectivity index (χ4v) is 2.22. The summed E-state index contributed by atoms with van der Waals surface area (Å²) < 4.78 is 47.6. The Morgan fingerprint density at radius 2 is 2.13 bits per heavy atom. The van der Waals surface area contributed by atoms with Crippen molar-refractivity contribution >= 4 is 5.91 Å². The van der Waals surface area contributed by atoms with Crippen molar-refractivity contribution in [2.45, 2.75) is 12.2 Å². The second-order valence-electron chi connectivity index (χ2n) is 4.81. The Bertz CT molecular complexity index is 673. The molecule has 1 atom stereocenters. The molecule has 1 aliphatic rings. The zero-order valence-corrected chi connectivity index (χ0v) is 11.7. The van der Waals surface area contributed by atoms with Gasteiger partial charge in [0.05, 0.1) is 18.8 Å². The molecule has 1 unspecified atom stereocenters. The zero-order valence-electron chi connectivity index (χ0n) is 11.7. The van der Waals surface area contributed by atoms with Gasteiger partial charge in [-0.1, -0.05) is 5.16 Å². The van der Waals surface area contributed by atoms with E-state index in [1.54, 1.807) is 0 Å². The minimum atomic E-state index is -4.50. The number of morpholine rings is 1. The van der Waals surface area contributed by atoms with Crippen LogP contribution in [0.2, 0.25) is 0 Å². The Balaban J connectivity index is 1.83. The molecular formula is C13H11F3N4O3. The summed E-state index contributed by atoms with van der Waals surface area (Å²) in [6.07, 6.45) is -2.74. The van der Waals surface area contributed by atoms with Gasteiger partial charge in [0, 0.05) is 12.7 Å². The van der Waals surface area contributed by atoms with Crippen LogP contribution in [-0.2, 0) is 10.9 Å². The van der Waals surface area contributed by atoms with Gasteiger partial charge in [-0.15, -0.1) is 0 Å². The fourth-order valence-electron chi connectivity index (χ4n) is 2.22. The number of halogens is 3. The average molecular weight is 328 g/mol. The van der Waals surface area contributed by atoms with E-state index in [1.807, 2.05) is 0 Å². The van der Waals surface area contributed by atoms with Crippen molar-refractivity contribution in [1.82, 2.24) is 20.0 Å². The van der Waals surface area contributed by atoms with Crippen LogP contribution in [0.3, 0.4) is 0 Å². The van der Waals surface area contributed by atoms with Crippen molar-refractivity contribution in [3.05, 3.63) is 41.8 Å². The van der Waals surface area contributed by atoms with Crippen LogP contribution < -0.4 is 0 Å². The lowest BCUT2D eigenvalue weighted by atomic mass is 10.1. The predicted octanol–water partition coefficient (Wildman–Crippen LogP) is 1.70. The van der Waals surface area contributed by atoms with Crippen LogP contribution in [0, 0.1) is 0 Å². The molecule has 3 heterocycles. The van der Waals surface area contributed by atoms with E-state index >= 15 is 0 Å². The minimum absolute atomic E-state index is 0.0894. The third-order valence-corrected chi connectivity index (χ3v) is 3.38. The van der Waals surface area contributed by atoms with E-state index < -0.39 is 23.7 Å². The summed E-state index contributed by atoms with van der Waals surface area (Å²) in [7, 11) is 0. The van der Waals surface area contributed by atoms with Gasteiger partial charge in [0.2, 0.25) is 6.39 Å². The largest absolute Gasteiger partial charge is 0.417 e. The van der Waals surface area contributed by atoms with Crippen molar-refractivity contribution in [3.63, 3.8) is 0 Å². The van der Waals surface area contributed by atoms with Crippen LogP contribution in [-0.4, -0.2) is 45.7 Å². The van der Waals surface area contributed by atoms with Crippen LogP contribution in [0.4, 0.5) is 13.2 Å². The van der Waals surface area contributed by atoms with Gasteiger partial charge in [-0.05, 0) is 12.1 Å². The molecule has 0 aromatic carbocycles. The van der Waals surface area contributed by atoms with Gasteiger partial charge in [0.15, 0.2) is 5.82 Å². The Labute approximate surface area is 128 Å². The zero-order chi connectivity index (χ0) is 16.4. The molecule has 2 aromatic rings. The number of carbonyl (C=O) groups excluding carboxylic acids is 1. The molecule has 7 nitrogen and oxygen atoms in total. The third kappa shape index (κ3) is 3.16. The maximum Gasteiger partial charge on any atom is 0.417 e. The van der Waals surface area contributed by atoms with E-state index in [0.29, 0.717) is 12.8 Å². The lowest BCUT2D eigenvalue weighted by molar-refractivity contribution is -0.137. The molecule has 0 spiro atoms. The summed E-state index contributed by atoms with van der Waals surface area (Å²) in [4.78, 5) is 21.4. The SMILES string of the molecule is O=C(c1ccc(C(F)(F)F)cn1)N1CCOCC1c1ncon1. The average Bonchev–Trinajstić information content (AvgIpc) is 3.08. The number of hydrogen-bond donors (Lipinski definition) is 0. The maximum absolute atomic E-state index is 12.5. The molecule has 0 saturated carbocycles. The van der Waals surface area contributed by atoms with Gasteiger partial charge in [0.25, 0.3) is 5.91 Å². The molecule has 1 aliphatic heterocycles. The van der Waals surface area contributed by atoms with E-state index in [4.69, 9.17) is 4.74 Å². The Morgan fingerprint density at radius 3 is 2.74 bits per heavy atom. The first-order valence-corrected chi connectivity index (χ1v) is 6.65. The van der Waals surface area contributed by atoms with E-state index in [-0.39, 0.29) is 24.7 Å². The molecular weight excluding hydrogens is 317 g/mol. The summed E-state index contributed by atoms with van der Waals surface area (Å²) in [5.41, 5.74) is -1.00. The van der Waals surface area contributed by atoms with Gasteiger partial charge >= 0.3 is 6.18 Å². The van der Waals surface area contributed by atoms with Crippen LogP contribution >= 0.6 is 0 Å². The summed E-state index contributed by atoms with van der Waals surface area (Å²) in [5.74, 6) is -0.248. The van der Waals surface area contributed by atoms with Crippen molar-refractivity contribution in [3.8, 4) is 0 Å². The predicted molar refractivity (Wildman–Crippen MR) is 68.1 cm³/mol. The van der Waals surface area contributed by atoms with Crippen LogP contribution in [0.1, 0.15) is 27.9 Å². The molecule has 1 amide bonds. The van der Waals surface area contributed by atoms with Gasteiger partial charge in [-0.25, -0.2) is 0 Å². The first-order valence-electron chi connectivity index (χ1n) is 6.65. The quantitative estimate of drug-likeness (QED) is 0.834. The molecule has 2 aromatic heterocycles. The minimum Gasteiger partial charge on any atom is -0.377 e. The Hall–Kier alpha value is -2.49. The molecule has 0 radical (unpaired) electrons. The van der Waals surface area contributed by atoms with Gasteiger partial charge in [0.1, 0.15) is 11.7 Å². The number of alkyl halides is 3. The van der Waals surface area contributed by atoms with E-state index in [9.17, 15) is 18.0 Å². The molecule has 10 heteroatoms. The van der Waals surface area contributed by atoms with Gasteiger partial charge in [-0.3, -0.25) is 9.78 Å². The second-order valence-corrected chi connectivity index (χ2v) is 4.81. The second kappa shape index (κ2) is 5.95. The highest BCUT2D eigenvalue weighted by molar-refractivity contribution is 5.92. The molecule has 23 heavy (non-hydrogen) atoms. The normalized spacial score (nSPS) is 18.9. The van der Waals surface area contributed by atoms with Crippen LogP contribution in [0.25, 0.3) is 0 Å². The summed E-state index contributed by atoms with van der Waals surface area (Å²) in [6.45, 7) is 0.730. The topological polar surface area (TPSA) is 81.4 Å². The van der Waals surface area contributed by atoms with Crippen molar-refractivity contribution < 1.29 is 27.2 Å². The van der Waals surface area contributed by atoms with E-state index in [2.05, 4.69) is 19.6 Å². The molecule has 1 saturated heterocycles. The van der Waals surface area contributed by atoms with Crippen molar-refractivity contribution in [1.29, 1.82) is 0 Å². The Morgan fingerprint density at radius 1 is 1.30 bits per heavy atom. The van der Waals surface area contributed by atoms with Gasteiger partial charge < -0.3 is 14.2 Å². The molecule has 0 N–H and O–H groups in total. The number of carbonyl (C=O) groups is 1. The highest BCUT2D eigenvalue weighted by atomic mass is 19.4. The smallest absolute Gasteiger partial charge is 0.377 e. The number of amides is 1. The molecule has 1 fully saturated rings. The number of pyridine rings is 1. The van der Waals surface area contributed by atoms with Crippen molar-refractivity contribution in [2.24, 2.45) is 0 Å². The highest BCUT2D eigenvalue weighted by Gasteiger charge is 2.34. The highest BCUT2D eigenvalue weighted by Crippen LogP contribution is 2.29. The fraction of sp³-hybridized carbons (Fsp3) is 0.385. The maximum atomic E-state index is 12.5. The lowest BCUT2D eigenvalue weighted by Gasteiger charge is -2.33. The molecule has 0 aliphatic carbocycles. The first-order chi connectivity index (χ1) is 11.0. The van der Waals surface area contributed by atoms with Crippen LogP contribution in [0.15, 0.2) is 29.2 Å². The number of rotatable bonds is 2. The number of ether oxygens (including phenoxy) is 1. The van der Waals surface area contributed by atoms with Crippen molar-refractivity contribution in [2.75, 3.05) is 19.8 Å². The molecule has 3 rings (SSSR count). The van der Waals surface area contributed by atoms with Gasteiger partial charge in [-0.2, -0.15) is 18.2 Å². The van der Waals surface area contributed by atoms with E-state index in [0.717, 1.165) is 18.5 Å². The van der Waals surface area contributed by atoms with E-state index in [1.165, 1.54) is 4.90 Å². The third-order valence-electron chi connectivity index (χ3n) is 3.38. The summed E-state index contributed by atoms with van der Waals surface area (Å²) in [5, 5.41) is 3.68. The summed E-state index contributed by atoms with van der Waals surface area (Å²) in [6, 6.07) is 1.30. The monoisotopic (exact) mass is 328 g/mol. The van der Waals surface area contributed by atoms with Crippen LogP contribution in [0.5, 0.6) is 0 Å². The molecule has 122 valence electrons. The lowest BCUT2D eigenvalue weighted by Crippen LogP contribution is -2.44. The Kier molecular flexibility index (Phi) is 3.99. The summed E-state index contributed by atoms with van der Waals surface area (Å²) >= 11 is 0. The standard InChI is InChI=1S/C13H11F3N4O3/c14-13(15,16)8-1-2-9(17-5-8)12(21)20-3-4-22-6-10(20)11-18-7-23-19-11/h1-2,5,7,10H,3-4,6H2. The first kappa shape index (κ1) is 15.4. The number of aromatic nitrogens is 3. The molecule has 0 bridgehead atoms. The number of hydrogen-bond acceptors (Lipinski definition) is 6.